The van der Waals surface area contributed by atoms with Gasteiger partial charge in [0.1, 0.15) is 0 Å². The fourth-order valence-corrected chi connectivity index (χ4v) is 3.13. The molecule has 5 heteroatoms. The van der Waals surface area contributed by atoms with Gasteiger partial charge in [-0.15, -0.1) is 0 Å². The number of nitrogens with one attached hydrogen (secondary N) is 1. The van der Waals surface area contributed by atoms with Gasteiger partial charge in [-0.1, -0.05) is 13.0 Å². The third-order valence-corrected chi connectivity index (χ3v) is 4.43. The summed E-state index contributed by atoms with van der Waals surface area (Å²) < 4.78 is 0. The van der Waals surface area contributed by atoms with Crippen LogP contribution in [-0.4, -0.2) is 24.6 Å². The maximum absolute atomic E-state index is 12.3. The van der Waals surface area contributed by atoms with Gasteiger partial charge in [0.25, 0.3) is 0 Å². The van der Waals surface area contributed by atoms with Gasteiger partial charge in [-0.05, 0) is 37.1 Å². The number of anilines is 1. The Kier molecular flexibility index (Phi) is 2.90. The number of hydrogen-bond acceptors (Lipinski definition) is 3. The third kappa shape index (κ3) is 1.95. The van der Waals surface area contributed by atoms with Gasteiger partial charge >= 0.3 is 0 Å². The number of carbonyl (C=O) groups is 2. The summed E-state index contributed by atoms with van der Waals surface area (Å²) in [5.74, 6) is 0.124. The molecule has 2 heterocycles. The number of nitrogens with zero attached hydrogens (tertiary/aromatic N) is 2. The zero-order valence-corrected chi connectivity index (χ0v) is 12.7. The Morgan fingerprint density at radius 3 is 2.71 bits per heavy atom. The first-order chi connectivity index (χ1) is 9.82. The Balaban J connectivity index is 2.08. The van der Waals surface area contributed by atoms with Crippen molar-refractivity contribution in [3.8, 4) is 0 Å². The van der Waals surface area contributed by atoms with Crippen LogP contribution in [0.15, 0.2) is 23.3 Å². The number of likely N-dealkylation sites (N-methyl/N-ethyl adjacent to an activating group) is 1. The van der Waals surface area contributed by atoms with Crippen molar-refractivity contribution in [1.29, 1.82) is 0 Å². The molecule has 2 amide bonds. The molecule has 1 N–H and O–H groups in total. The van der Waals surface area contributed by atoms with Gasteiger partial charge in [-0.3, -0.25) is 9.59 Å². The summed E-state index contributed by atoms with van der Waals surface area (Å²) in [6.45, 7) is 5.87. The molecule has 0 bridgehead atoms. The molecule has 1 unspecified atom stereocenters. The Bertz CT molecular complexity index is 676. The minimum Gasteiger partial charge on any atom is -0.314 e. The summed E-state index contributed by atoms with van der Waals surface area (Å²) in [6, 6.07) is 5.96. The van der Waals surface area contributed by atoms with Crippen LogP contribution in [0.25, 0.3) is 0 Å². The van der Waals surface area contributed by atoms with Crippen LogP contribution in [0.3, 0.4) is 0 Å². The Hall–Kier alpha value is -2.17. The van der Waals surface area contributed by atoms with Crippen molar-refractivity contribution < 1.29 is 9.59 Å². The van der Waals surface area contributed by atoms with Crippen molar-refractivity contribution in [2.75, 3.05) is 11.9 Å². The highest BCUT2D eigenvalue weighted by Gasteiger charge is 2.42. The molecule has 0 saturated heterocycles. The van der Waals surface area contributed by atoms with E-state index in [1.165, 1.54) is 0 Å². The summed E-state index contributed by atoms with van der Waals surface area (Å²) in [4.78, 5) is 25.4. The van der Waals surface area contributed by atoms with Crippen molar-refractivity contribution in [3.63, 3.8) is 0 Å². The standard InChI is InChI=1S/C16H19N3O2/c1-9-7-13(20)17-18-14(9)10-5-6-12-11(8-10)16(2,3)15(21)19(12)4/h5-6,8-9H,7H2,1-4H3,(H,17,20)/i4-1. The van der Waals surface area contributed by atoms with E-state index in [2.05, 4.69) is 10.5 Å². The number of hydrogen-bond donors (Lipinski definition) is 1. The molecule has 1 aromatic rings. The second kappa shape index (κ2) is 4.41. The molecule has 1 atom stereocenters. The molecule has 2 aliphatic rings. The van der Waals surface area contributed by atoms with Crippen molar-refractivity contribution in [2.24, 2.45) is 11.0 Å². The molecule has 0 radical (unpaired) electrons. The van der Waals surface area contributed by atoms with Crippen LogP contribution in [0.4, 0.5) is 5.69 Å². The van der Waals surface area contributed by atoms with Crippen LogP contribution < -0.4 is 10.3 Å². The highest BCUT2D eigenvalue weighted by atomic mass is 16.2. The van der Waals surface area contributed by atoms with E-state index in [9.17, 15) is 9.59 Å². The van der Waals surface area contributed by atoms with E-state index in [1.54, 1.807) is 11.9 Å². The number of carbonyl (C=O) groups excluding carboxylic acids is 2. The maximum atomic E-state index is 12.3. The van der Waals surface area contributed by atoms with E-state index in [-0.39, 0.29) is 17.7 Å². The average molecular weight is 284 g/mol. The topological polar surface area (TPSA) is 61.8 Å². The highest BCUT2D eigenvalue weighted by molar-refractivity contribution is 6.10. The summed E-state index contributed by atoms with van der Waals surface area (Å²) in [5.41, 5.74) is 5.81. The molecule has 110 valence electrons. The molecule has 5 nitrogen and oxygen atoms in total. The molecule has 0 spiro atoms. The zero-order valence-electron chi connectivity index (χ0n) is 12.7. The predicted octanol–water partition coefficient (Wildman–Crippen LogP) is 1.80. The minimum absolute atomic E-state index is 0.0531. The van der Waals surface area contributed by atoms with Crippen molar-refractivity contribution >= 4 is 23.2 Å². The first-order valence-corrected chi connectivity index (χ1v) is 7.12. The molecular weight excluding hydrogens is 265 g/mol. The van der Waals surface area contributed by atoms with E-state index in [1.807, 2.05) is 39.0 Å². The van der Waals surface area contributed by atoms with E-state index in [0.717, 1.165) is 22.5 Å². The van der Waals surface area contributed by atoms with Crippen molar-refractivity contribution in [2.45, 2.75) is 32.6 Å². The lowest BCUT2D eigenvalue weighted by atomic mass is 9.83. The van der Waals surface area contributed by atoms with Crippen molar-refractivity contribution in [3.05, 3.63) is 29.3 Å². The van der Waals surface area contributed by atoms with Crippen LogP contribution in [-0.2, 0) is 15.0 Å². The second-order valence-electron chi connectivity index (χ2n) is 6.36. The van der Waals surface area contributed by atoms with Crippen LogP contribution in [0.2, 0.25) is 0 Å². The summed E-state index contributed by atoms with van der Waals surface area (Å²) >= 11 is 0. The maximum Gasteiger partial charge on any atom is 0.240 e. The Labute approximate surface area is 124 Å². The number of benzene rings is 1. The Morgan fingerprint density at radius 2 is 2.05 bits per heavy atom. The number of fused-ring (bicyclic) bond motifs is 1. The number of hydrazone groups is 1. The predicted molar refractivity (Wildman–Crippen MR) is 81.3 cm³/mol. The summed E-state index contributed by atoms with van der Waals surface area (Å²) in [5, 5.41) is 4.19. The van der Waals surface area contributed by atoms with Crippen LogP contribution in [0.5, 0.6) is 0 Å². The van der Waals surface area contributed by atoms with Gasteiger partial charge in [0.15, 0.2) is 0 Å². The third-order valence-electron chi connectivity index (χ3n) is 4.43. The normalized spacial score (nSPS) is 23.7. The molecule has 21 heavy (non-hydrogen) atoms. The van der Waals surface area contributed by atoms with Crippen LogP contribution in [0, 0.1) is 5.92 Å². The van der Waals surface area contributed by atoms with E-state index in [0.29, 0.717) is 6.42 Å². The van der Waals surface area contributed by atoms with Gasteiger partial charge in [0.2, 0.25) is 11.8 Å². The number of rotatable bonds is 1. The largest absolute Gasteiger partial charge is 0.314 e. The van der Waals surface area contributed by atoms with Gasteiger partial charge in [0.05, 0.1) is 11.1 Å². The van der Waals surface area contributed by atoms with E-state index < -0.39 is 5.41 Å². The second-order valence-corrected chi connectivity index (χ2v) is 6.36. The van der Waals surface area contributed by atoms with Gasteiger partial charge < -0.3 is 4.90 Å². The van der Waals surface area contributed by atoms with E-state index >= 15 is 0 Å². The highest BCUT2D eigenvalue weighted by Crippen LogP contribution is 2.41. The van der Waals surface area contributed by atoms with Gasteiger partial charge in [0, 0.05) is 25.1 Å². The summed E-state index contributed by atoms with van der Waals surface area (Å²) in [7, 11) is 1.80. The summed E-state index contributed by atoms with van der Waals surface area (Å²) in [6.07, 6.45) is 0.443. The molecule has 0 aliphatic carbocycles. The minimum atomic E-state index is -0.526. The zero-order chi connectivity index (χ0) is 15.4. The van der Waals surface area contributed by atoms with Crippen LogP contribution >= 0.6 is 0 Å². The van der Waals surface area contributed by atoms with Gasteiger partial charge in [-0.25, -0.2) is 5.43 Å². The molecule has 3 rings (SSSR count). The molecule has 1 aromatic carbocycles. The lowest BCUT2D eigenvalue weighted by molar-refractivity contribution is -0.122. The SMILES string of the molecule is CC1CC(=O)NN=C1c1ccc2c(c1)C(C)(C)C(=O)N2[11CH3]. The molecule has 0 aromatic heterocycles. The van der Waals surface area contributed by atoms with Gasteiger partial charge in [-0.2, -0.15) is 5.10 Å². The van der Waals surface area contributed by atoms with Crippen LogP contribution in [0.1, 0.15) is 38.3 Å². The number of amides is 2. The fraction of sp³-hybridized carbons (Fsp3) is 0.438. The van der Waals surface area contributed by atoms with Crippen molar-refractivity contribution in [1.82, 2.24) is 5.43 Å². The fourth-order valence-electron chi connectivity index (χ4n) is 3.13. The smallest absolute Gasteiger partial charge is 0.240 e. The first-order valence-electron chi connectivity index (χ1n) is 7.12. The Morgan fingerprint density at radius 1 is 1.33 bits per heavy atom. The molecule has 0 saturated carbocycles. The molecular formula is C16H19N3O2. The lowest BCUT2D eigenvalue weighted by Crippen LogP contribution is -2.33. The first kappa shape index (κ1) is 13.8. The average Bonchev–Trinajstić information content (AvgIpc) is 2.60. The van der Waals surface area contributed by atoms with E-state index in [4.69, 9.17) is 0 Å². The monoisotopic (exact) mass is 284 g/mol. The molecule has 2 aliphatic heterocycles. The quantitative estimate of drug-likeness (QED) is 0.854. The lowest BCUT2D eigenvalue weighted by Gasteiger charge is -2.21. The molecule has 0 fully saturated rings.